The number of anilines is 3. The number of rotatable bonds is 8. The number of carbonyl (C=O) groups excluding carboxylic acids is 1. The highest BCUT2D eigenvalue weighted by atomic mass is 19.1. The van der Waals surface area contributed by atoms with Gasteiger partial charge in [-0.1, -0.05) is 13.0 Å². The fourth-order valence-corrected chi connectivity index (χ4v) is 3.31. The van der Waals surface area contributed by atoms with Gasteiger partial charge in [0.05, 0.1) is 23.6 Å². The van der Waals surface area contributed by atoms with Gasteiger partial charge in [0.1, 0.15) is 11.7 Å². The highest BCUT2D eigenvalue weighted by molar-refractivity contribution is 5.69. The minimum absolute atomic E-state index is 0.0407. The van der Waals surface area contributed by atoms with E-state index in [0.29, 0.717) is 17.8 Å². The van der Waals surface area contributed by atoms with Crippen molar-refractivity contribution < 1.29 is 13.9 Å². The lowest BCUT2D eigenvalue weighted by molar-refractivity contribution is 0.0503. The molecule has 11 heteroatoms. The average molecular weight is 481 g/mol. The van der Waals surface area contributed by atoms with Gasteiger partial charge in [-0.2, -0.15) is 20.3 Å². The highest BCUT2D eigenvalue weighted by Gasteiger charge is 2.23. The van der Waals surface area contributed by atoms with Crippen molar-refractivity contribution in [1.29, 1.82) is 5.26 Å². The molecule has 0 aliphatic rings. The van der Waals surface area contributed by atoms with Crippen LogP contribution in [0.5, 0.6) is 0 Å². The second-order valence-corrected chi connectivity index (χ2v) is 8.91. The Morgan fingerprint density at radius 1 is 1.23 bits per heavy atom. The fraction of sp³-hybridized carbons (Fsp3) is 0.375. The molecular weight excluding hydrogens is 451 g/mol. The fourth-order valence-electron chi connectivity index (χ4n) is 3.31. The molecule has 2 aromatic heterocycles. The van der Waals surface area contributed by atoms with E-state index in [9.17, 15) is 14.4 Å². The van der Waals surface area contributed by atoms with Gasteiger partial charge in [0.15, 0.2) is 17.5 Å². The lowest BCUT2D eigenvalue weighted by Crippen LogP contribution is -2.46. The molecule has 0 aliphatic carbocycles. The van der Waals surface area contributed by atoms with Gasteiger partial charge in [0.2, 0.25) is 0 Å². The van der Waals surface area contributed by atoms with Gasteiger partial charge in [-0.15, -0.1) is 0 Å². The molecule has 1 amide bonds. The molecule has 184 valence electrons. The third kappa shape index (κ3) is 6.89. The van der Waals surface area contributed by atoms with Crippen molar-refractivity contribution in [2.75, 3.05) is 10.6 Å². The number of halogens is 1. The van der Waals surface area contributed by atoms with Crippen LogP contribution in [0.25, 0.3) is 5.69 Å². The lowest BCUT2D eigenvalue weighted by atomic mass is 10.1. The number of pyridine rings is 1. The first-order valence-corrected chi connectivity index (χ1v) is 11.2. The van der Waals surface area contributed by atoms with Crippen LogP contribution in [0.15, 0.2) is 42.7 Å². The first kappa shape index (κ1) is 25.4. The normalized spacial score (nSPS) is 12.8. The van der Waals surface area contributed by atoms with Crippen LogP contribution in [0.1, 0.15) is 46.6 Å². The summed E-state index contributed by atoms with van der Waals surface area (Å²) in [6.07, 6.45) is 3.14. The molecule has 10 nitrogen and oxygen atoms in total. The summed E-state index contributed by atoms with van der Waals surface area (Å²) in [5.41, 5.74) is 0.731. The topological polar surface area (TPSA) is 130 Å². The van der Waals surface area contributed by atoms with Crippen LogP contribution in [0, 0.1) is 17.1 Å². The summed E-state index contributed by atoms with van der Waals surface area (Å²) in [6.45, 7) is 9.02. The molecule has 0 unspecified atom stereocenters. The van der Waals surface area contributed by atoms with E-state index in [2.05, 4.69) is 31.1 Å². The van der Waals surface area contributed by atoms with E-state index in [1.807, 2.05) is 19.1 Å². The van der Waals surface area contributed by atoms with Crippen LogP contribution >= 0.6 is 0 Å². The Balaban J connectivity index is 1.81. The maximum atomic E-state index is 14.8. The van der Waals surface area contributed by atoms with Crippen molar-refractivity contribution in [1.82, 2.24) is 25.3 Å². The Morgan fingerprint density at radius 3 is 2.57 bits per heavy atom. The standard InChI is InChI=1S/C24H29FN8O2/c1-6-20(15(2)29-23(34)35-24(3,4)5)31-22-19(25)12-16(14-26)21(32-22)30-17-8-7-9-18(13-17)33-27-10-11-28-33/h7-13,15,20H,6H2,1-5H3,(H,29,34)(H2,30,31,32)/t15-,20+/m0/s1. The number of ether oxygens (including phenoxy) is 1. The lowest BCUT2D eigenvalue weighted by Gasteiger charge is -2.27. The van der Waals surface area contributed by atoms with Gasteiger partial charge in [-0.3, -0.25) is 0 Å². The molecule has 0 spiro atoms. The van der Waals surface area contributed by atoms with Crippen LogP contribution in [-0.4, -0.2) is 43.8 Å². The Bertz CT molecular complexity index is 1200. The number of benzene rings is 1. The van der Waals surface area contributed by atoms with E-state index in [0.717, 1.165) is 6.07 Å². The van der Waals surface area contributed by atoms with Gasteiger partial charge in [0, 0.05) is 17.8 Å². The predicted molar refractivity (Wildman–Crippen MR) is 130 cm³/mol. The van der Waals surface area contributed by atoms with Crippen molar-refractivity contribution in [2.24, 2.45) is 0 Å². The van der Waals surface area contributed by atoms with E-state index < -0.39 is 17.5 Å². The number of nitrogens with zero attached hydrogens (tertiary/aromatic N) is 5. The molecule has 3 N–H and O–H groups in total. The Morgan fingerprint density at radius 2 is 1.94 bits per heavy atom. The van der Waals surface area contributed by atoms with E-state index >= 15 is 0 Å². The third-order valence-electron chi connectivity index (χ3n) is 4.96. The molecule has 2 atom stereocenters. The zero-order valence-electron chi connectivity index (χ0n) is 20.3. The summed E-state index contributed by atoms with van der Waals surface area (Å²) in [6, 6.07) is 9.54. The molecule has 1 aromatic carbocycles. The Hall–Kier alpha value is -4.20. The molecule has 2 heterocycles. The SMILES string of the molecule is CC[C@@H](Nc1nc(Nc2cccc(-n3nccn3)c2)c(C#N)cc1F)[C@H](C)NC(=O)OC(C)(C)C. The average Bonchev–Trinajstić information content (AvgIpc) is 3.33. The molecule has 0 saturated carbocycles. The monoisotopic (exact) mass is 480 g/mol. The van der Waals surface area contributed by atoms with Crippen molar-refractivity contribution in [3.8, 4) is 11.8 Å². The van der Waals surface area contributed by atoms with E-state index in [4.69, 9.17) is 4.74 Å². The minimum atomic E-state index is -0.676. The highest BCUT2D eigenvalue weighted by Crippen LogP contribution is 2.25. The second-order valence-electron chi connectivity index (χ2n) is 8.91. The Kier molecular flexibility index (Phi) is 7.86. The molecule has 0 radical (unpaired) electrons. The van der Waals surface area contributed by atoms with Gasteiger partial charge < -0.3 is 20.7 Å². The largest absolute Gasteiger partial charge is 0.444 e. The summed E-state index contributed by atoms with van der Waals surface area (Å²) in [5, 5.41) is 26.6. The maximum Gasteiger partial charge on any atom is 0.407 e. The summed E-state index contributed by atoms with van der Waals surface area (Å²) in [7, 11) is 0. The van der Waals surface area contributed by atoms with Crippen molar-refractivity contribution in [2.45, 2.75) is 58.7 Å². The van der Waals surface area contributed by atoms with Crippen LogP contribution in [-0.2, 0) is 4.74 Å². The molecule has 0 bridgehead atoms. The zero-order chi connectivity index (χ0) is 25.6. The van der Waals surface area contributed by atoms with Gasteiger partial charge in [0.25, 0.3) is 0 Å². The van der Waals surface area contributed by atoms with Gasteiger partial charge in [-0.05, 0) is 58.4 Å². The van der Waals surface area contributed by atoms with Crippen LogP contribution in [0.2, 0.25) is 0 Å². The number of alkyl carbamates (subject to hydrolysis) is 1. The summed E-state index contributed by atoms with van der Waals surface area (Å²) >= 11 is 0. The zero-order valence-corrected chi connectivity index (χ0v) is 20.3. The number of carbonyl (C=O) groups is 1. The molecule has 0 fully saturated rings. The van der Waals surface area contributed by atoms with Gasteiger partial charge >= 0.3 is 6.09 Å². The number of aromatic nitrogens is 4. The summed E-state index contributed by atoms with van der Waals surface area (Å²) < 4.78 is 20.1. The Labute approximate surface area is 203 Å². The van der Waals surface area contributed by atoms with E-state index in [1.54, 1.807) is 58.3 Å². The van der Waals surface area contributed by atoms with Crippen molar-refractivity contribution in [3.63, 3.8) is 0 Å². The van der Waals surface area contributed by atoms with Crippen LogP contribution < -0.4 is 16.0 Å². The summed E-state index contributed by atoms with van der Waals surface area (Å²) in [4.78, 5) is 17.9. The number of hydrogen-bond donors (Lipinski definition) is 3. The van der Waals surface area contributed by atoms with Crippen molar-refractivity contribution >= 4 is 23.4 Å². The second kappa shape index (κ2) is 10.8. The molecule has 3 rings (SSSR count). The molecule has 35 heavy (non-hydrogen) atoms. The van der Waals surface area contributed by atoms with E-state index in [1.165, 1.54) is 4.80 Å². The minimum Gasteiger partial charge on any atom is -0.444 e. The smallest absolute Gasteiger partial charge is 0.407 e. The maximum absolute atomic E-state index is 14.8. The van der Waals surface area contributed by atoms with Gasteiger partial charge in [-0.25, -0.2) is 14.2 Å². The number of nitrogens with one attached hydrogen (secondary N) is 3. The summed E-state index contributed by atoms with van der Waals surface area (Å²) in [5.74, 6) is -0.532. The van der Waals surface area contributed by atoms with Crippen molar-refractivity contribution in [3.05, 3.63) is 54.1 Å². The molecule has 3 aromatic rings. The molecule has 0 aliphatic heterocycles. The first-order chi connectivity index (χ1) is 16.6. The van der Waals surface area contributed by atoms with E-state index in [-0.39, 0.29) is 29.3 Å². The first-order valence-electron chi connectivity index (χ1n) is 11.2. The number of hydrogen-bond acceptors (Lipinski definition) is 8. The molecule has 0 saturated heterocycles. The molecular formula is C24H29FN8O2. The van der Waals surface area contributed by atoms with Crippen LogP contribution in [0.4, 0.5) is 26.5 Å². The third-order valence-corrected chi connectivity index (χ3v) is 4.96. The number of amides is 1. The number of nitriles is 1. The quantitative estimate of drug-likeness (QED) is 0.429. The van der Waals surface area contributed by atoms with Crippen LogP contribution in [0.3, 0.4) is 0 Å². The predicted octanol–water partition coefficient (Wildman–Crippen LogP) is 4.52.